The molecule has 5 nitrogen and oxygen atoms in total. The highest BCUT2D eigenvalue weighted by Gasteiger charge is 1.99. The van der Waals surface area contributed by atoms with Crippen LogP contribution >= 0.6 is 11.6 Å². The maximum atomic E-state index is 11.2. The monoisotopic (exact) mass is 268 g/mol. The molecule has 1 aromatic rings. The molecule has 0 unspecified atom stereocenters. The molecule has 0 bridgehead atoms. The van der Waals surface area contributed by atoms with Gasteiger partial charge in [0.1, 0.15) is 0 Å². The van der Waals surface area contributed by atoms with Crippen LogP contribution in [0.25, 0.3) is 6.08 Å². The van der Waals surface area contributed by atoms with Crippen molar-refractivity contribution in [3.63, 3.8) is 0 Å². The van der Waals surface area contributed by atoms with Crippen LogP contribution in [0.1, 0.15) is 12.0 Å². The maximum Gasteiger partial charge on any atom is 0.318 e. The van der Waals surface area contributed by atoms with Gasteiger partial charge in [0.2, 0.25) is 0 Å². The molecule has 1 aromatic carbocycles. The second-order valence-corrected chi connectivity index (χ2v) is 3.87. The van der Waals surface area contributed by atoms with Crippen molar-refractivity contribution >= 4 is 29.7 Å². The molecule has 2 amide bonds. The van der Waals surface area contributed by atoms with E-state index in [1.807, 2.05) is 12.1 Å². The zero-order valence-corrected chi connectivity index (χ0v) is 10.3. The molecular weight excluding hydrogens is 256 g/mol. The number of aliphatic carboxylic acids is 1. The molecule has 0 saturated heterocycles. The average molecular weight is 269 g/mol. The Morgan fingerprint density at radius 2 is 1.94 bits per heavy atom. The van der Waals surface area contributed by atoms with Crippen molar-refractivity contribution in [3.05, 3.63) is 41.1 Å². The molecule has 0 radical (unpaired) electrons. The van der Waals surface area contributed by atoms with Gasteiger partial charge in [-0.3, -0.25) is 4.79 Å². The number of carboxylic acid groups (broad SMARTS) is 1. The fourth-order valence-corrected chi connectivity index (χ4v) is 1.25. The van der Waals surface area contributed by atoms with Gasteiger partial charge in [0.05, 0.1) is 6.42 Å². The van der Waals surface area contributed by atoms with Gasteiger partial charge in [-0.05, 0) is 23.8 Å². The van der Waals surface area contributed by atoms with Crippen LogP contribution in [0.2, 0.25) is 5.02 Å². The molecule has 0 atom stereocenters. The number of hydrogen-bond acceptors (Lipinski definition) is 2. The number of carbonyl (C=O) groups is 2. The summed E-state index contributed by atoms with van der Waals surface area (Å²) in [7, 11) is 0. The Bertz CT molecular complexity index is 443. The lowest BCUT2D eigenvalue weighted by molar-refractivity contribution is -0.136. The molecule has 0 spiro atoms. The Kier molecular flexibility index (Phi) is 5.73. The van der Waals surface area contributed by atoms with E-state index in [4.69, 9.17) is 16.7 Å². The minimum atomic E-state index is -0.952. The number of halogens is 1. The van der Waals surface area contributed by atoms with Gasteiger partial charge in [0.15, 0.2) is 0 Å². The van der Waals surface area contributed by atoms with Crippen LogP contribution < -0.4 is 10.6 Å². The van der Waals surface area contributed by atoms with E-state index in [2.05, 4.69) is 10.6 Å². The van der Waals surface area contributed by atoms with Crippen LogP contribution in [-0.2, 0) is 4.79 Å². The third kappa shape index (κ3) is 5.91. The highest BCUT2D eigenvalue weighted by molar-refractivity contribution is 6.30. The van der Waals surface area contributed by atoms with Gasteiger partial charge in [-0.1, -0.05) is 23.7 Å². The number of carbonyl (C=O) groups excluding carboxylic acids is 1. The summed E-state index contributed by atoms with van der Waals surface area (Å²) in [5.74, 6) is -0.952. The van der Waals surface area contributed by atoms with E-state index < -0.39 is 12.0 Å². The minimum absolute atomic E-state index is 0.0932. The van der Waals surface area contributed by atoms with Gasteiger partial charge in [0, 0.05) is 17.8 Å². The lowest BCUT2D eigenvalue weighted by atomic mass is 10.2. The number of benzene rings is 1. The third-order valence-electron chi connectivity index (χ3n) is 1.98. The normalized spacial score (nSPS) is 10.3. The molecule has 0 aliphatic heterocycles. The van der Waals surface area contributed by atoms with Gasteiger partial charge >= 0.3 is 12.0 Å². The van der Waals surface area contributed by atoms with E-state index in [9.17, 15) is 9.59 Å². The van der Waals surface area contributed by atoms with Crippen LogP contribution in [0.3, 0.4) is 0 Å². The summed E-state index contributed by atoms with van der Waals surface area (Å²) in [6.45, 7) is 0.0932. The first-order chi connectivity index (χ1) is 8.58. The standard InChI is InChI=1S/C12H13ClN2O3/c13-10-3-1-9(2-4-10)5-7-14-12(18)15-8-6-11(16)17/h1-5,7H,6,8H2,(H,16,17)(H2,14,15,18)/b7-5+. The number of amides is 2. The van der Waals surface area contributed by atoms with Crippen LogP contribution in [0, 0.1) is 0 Å². The third-order valence-corrected chi connectivity index (χ3v) is 2.24. The quantitative estimate of drug-likeness (QED) is 0.765. The Balaban J connectivity index is 2.29. The van der Waals surface area contributed by atoms with Crippen LogP contribution in [0.15, 0.2) is 30.5 Å². The lowest BCUT2D eigenvalue weighted by Gasteiger charge is -2.02. The Labute approximate surface area is 109 Å². The van der Waals surface area contributed by atoms with Gasteiger partial charge in [-0.15, -0.1) is 0 Å². The molecule has 0 saturated carbocycles. The molecule has 18 heavy (non-hydrogen) atoms. The topological polar surface area (TPSA) is 78.4 Å². The largest absolute Gasteiger partial charge is 0.481 e. The molecule has 6 heteroatoms. The maximum absolute atomic E-state index is 11.2. The van der Waals surface area contributed by atoms with Crippen molar-refractivity contribution < 1.29 is 14.7 Å². The first-order valence-electron chi connectivity index (χ1n) is 5.26. The van der Waals surface area contributed by atoms with E-state index in [0.717, 1.165) is 5.56 Å². The average Bonchev–Trinajstić information content (AvgIpc) is 2.31. The van der Waals surface area contributed by atoms with Crippen molar-refractivity contribution in [2.45, 2.75) is 6.42 Å². The van der Waals surface area contributed by atoms with Crippen molar-refractivity contribution in [2.75, 3.05) is 6.54 Å². The Morgan fingerprint density at radius 3 is 2.56 bits per heavy atom. The molecule has 0 heterocycles. The number of nitrogens with one attached hydrogen (secondary N) is 2. The summed E-state index contributed by atoms with van der Waals surface area (Å²) in [4.78, 5) is 21.4. The summed E-state index contributed by atoms with van der Waals surface area (Å²) in [5, 5.41) is 13.9. The summed E-state index contributed by atoms with van der Waals surface area (Å²) in [6, 6.07) is 6.66. The first kappa shape index (κ1) is 14.1. The molecule has 1 rings (SSSR count). The Hall–Kier alpha value is -2.01. The SMILES string of the molecule is O=C(O)CCNC(=O)N/C=C/c1ccc(Cl)cc1. The zero-order valence-electron chi connectivity index (χ0n) is 9.52. The van der Waals surface area contributed by atoms with E-state index >= 15 is 0 Å². The van der Waals surface area contributed by atoms with Crippen molar-refractivity contribution in [2.24, 2.45) is 0 Å². The van der Waals surface area contributed by atoms with Gasteiger partial charge < -0.3 is 15.7 Å². The smallest absolute Gasteiger partial charge is 0.318 e. The van der Waals surface area contributed by atoms with Gasteiger partial charge in [-0.25, -0.2) is 4.79 Å². The second kappa shape index (κ2) is 7.34. The first-order valence-corrected chi connectivity index (χ1v) is 5.64. The van der Waals surface area contributed by atoms with Crippen molar-refractivity contribution in [3.8, 4) is 0 Å². The molecular formula is C12H13ClN2O3. The summed E-state index contributed by atoms with van der Waals surface area (Å²) < 4.78 is 0. The van der Waals surface area contributed by atoms with Crippen LogP contribution in [0.4, 0.5) is 4.79 Å². The number of urea groups is 1. The lowest BCUT2D eigenvalue weighted by Crippen LogP contribution is -2.33. The van der Waals surface area contributed by atoms with E-state index in [1.54, 1.807) is 18.2 Å². The molecule has 0 aromatic heterocycles. The molecule has 0 aliphatic carbocycles. The van der Waals surface area contributed by atoms with Crippen LogP contribution in [0.5, 0.6) is 0 Å². The molecule has 3 N–H and O–H groups in total. The second-order valence-electron chi connectivity index (χ2n) is 3.43. The fraction of sp³-hybridized carbons (Fsp3) is 0.167. The number of rotatable bonds is 5. The highest BCUT2D eigenvalue weighted by Crippen LogP contribution is 2.10. The molecule has 96 valence electrons. The van der Waals surface area contributed by atoms with Gasteiger partial charge in [0.25, 0.3) is 0 Å². The van der Waals surface area contributed by atoms with Crippen molar-refractivity contribution in [1.29, 1.82) is 0 Å². The zero-order chi connectivity index (χ0) is 13.4. The highest BCUT2D eigenvalue weighted by atomic mass is 35.5. The number of carboxylic acids is 1. The Morgan fingerprint density at radius 1 is 1.28 bits per heavy atom. The van der Waals surface area contributed by atoms with Gasteiger partial charge in [-0.2, -0.15) is 0 Å². The fourth-order valence-electron chi connectivity index (χ4n) is 1.12. The molecule has 0 aliphatic rings. The predicted octanol–water partition coefficient (Wildman–Crippen LogP) is 2.08. The number of hydrogen-bond donors (Lipinski definition) is 3. The van der Waals surface area contributed by atoms with E-state index in [0.29, 0.717) is 5.02 Å². The van der Waals surface area contributed by atoms with E-state index in [-0.39, 0.29) is 13.0 Å². The molecule has 0 fully saturated rings. The van der Waals surface area contributed by atoms with E-state index in [1.165, 1.54) is 6.20 Å². The summed E-state index contributed by atoms with van der Waals surface area (Å²) in [5.41, 5.74) is 0.894. The van der Waals surface area contributed by atoms with Crippen LogP contribution in [-0.4, -0.2) is 23.7 Å². The van der Waals surface area contributed by atoms with Crippen molar-refractivity contribution in [1.82, 2.24) is 10.6 Å². The summed E-state index contributed by atoms with van der Waals surface area (Å²) >= 11 is 5.73. The predicted molar refractivity (Wildman–Crippen MR) is 69.3 cm³/mol. The minimum Gasteiger partial charge on any atom is -0.481 e. The summed E-state index contributed by atoms with van der Waals surface area (Å²) in [6.07, 6.45) is 3.07.